The fourth-order valence-corrected chi connectivity index (χ4v) is 1.27. The third-order valence-electron chi connectivity index (χ3n) is 1.12. The molecule has 0 bridgehead atoms. The fourth-order valence-electron chi connectivity index (χ4n) is 0.784. The summed E-state index contributed by atoms with van der Waals surface area (Å²) in [6, 6.07) is 0. The van der Waals surface area contributed by atoms with Gasteiger partial charge in [0.1, 0.15) is 0 Å². The van der Waals surface area contributed by atoms with Crippen LogP contribution in [0, 0.1) is 5.92 Å². The number of carboxylic acid groups (broad SMARTS) is 1. The molecule has 2 nitrogen and oxygen atoms in total. The molecule has 0 rings (SSSR count). The second-order valence-electron chi connectivity index (χ2n) is 2.82. The molecule has 0 aromatic heterocycles. The van der Waals surface area contributed by atoms with Gasteiger partial charge in [-0.25, -0.2) is 0 Å². The van der Waals surface area contributed by atoms with Gasteiger partial charge in [0, 0.05) is 5.38 Å². The molecule has 0 heterocycles. The van der Waals surface area contributed by atoms with E-state index in [9.17, 15) is 4.79 Å². The van der Waals surface area contributed by atoms with Crippen molar-refractivity contribution in [3.8, 4) is 0 Å². The summed E-state index contributed by atoms with van der Waals surface area (Å²) >= 11 is 5.69. The Morgan fingerprint density at radius 2 is 2.10 bits per heavy atom. The highest BCUT2D eigenvalue weighted by Gasteiger charge is 2.10. The van der Waals surface area contributed by atoms with Crippen molar-refractivity contribution >= 4 is 17.6 Å². The van der Waals surface area contributed by atoms with Crippen LogP contribution >= 0.6 is 11.6 Å². The van der Waals surface area contributed by atoms with Crippen molar-refractivity contribution in [2.75, 3.05) is 0 Å². The lowest BCUT2D eigenvalue weighted by atomic mass is 10.1. The van der Waals surface area contributed by atoms with E-state index in [1.807, 2.05) is 13.8 Å². The van der Waals surface area contributed by atoms with E-state index in [2.05, 4.69) is 0 Å². The average molecular weight is 165 g/mol. The van der Waals surface area contributed by atoms with Crippen molar-refractivity contribution in [2.24, 2.45) is 5.92 Å². The topological polar surface area (TPSA) is 37.3 Å². The zero-order valence-corrected chi connectivity index (χ0v) is 7.06. The Bertz CT molecular complexity index is 112. The molecule has 0 aromatic carbocycles. The molecule has 1 N–H and O–H groups in total. The van der Waals surface area contributed by atoms with Crippen LogP contribution in [0.1, 0.15) is 26.7 Å². The van der Waals surface area contributed by atoms with Crippen molar-refractivity contribution in [3.05, 3.63) is 0 Å². The third kappa shape index (κ3) is 5.89. The molecule has 0 fully saturated rings. The van der Waals surface area contributed by atoms with Gasteiger partial charge in [-0.15, -0.1) is 11.6 Å². The maximum atomic E-state index is 10.1. The molecule has 1 unspecified atom stereocenters. The van der Waals surface area contributed by atoms with Crippen LogP contribution in [0.2, 0.25) is 0 Å². The second-order valence-corrected chi connectivity index (χ2v) is 3.44. The number of halogens is 1. The van der Waals surface area contributed by atoms with E-state index in [-0.39, 0.29) is 11.8 Å². The second kappa shape index (κ2) is 4.56. The molecule has 0 radical (unpaired) electrons. The highest BCUT2D eigenvalue weighted by Crippen LogP contribution is 2.13. The number of alkyl halides is 1. The molecule has 3 heteroatoms. The predicted octanol–water partition coefficient (Wildman–Crippen LogP) is 2.11. The minimum absolute atomic E-state index is 0.0692. The zero-order chi connectivity index (χ0) is 8.15. The molecule has 0 aromatic rings. The van der Waals surface area contributed by atoms with E-state index < -0.39 is 5.97 Å². The van der Waals surface area contributed by atoms with Gasteiger partial charge in [0.15, 0.2) is 0 Å². The minimum Gasteiger partial charge on any atom is -0.481 e. The van der Waals surface area contributed by atoms with Crippen molar-refractivity contribution in [3.63, 3.8) is 0 Å². The van der Waals surface area contributed by atoms with Crippen LogP contribution in [-0.4, -0.2) is 16.5 Å². The lowest BCUT2D eigenvalue weighted by Gasteiger charge is -2.08. The Balaban J connectivity index is 3.43. The molecule has 10 heavy (non-hydrogen) atoms. The molecule has 1 atom stereocenters. The number of aliphatic carboxylic acids is 1. The number of carboxylic acids is 1. The molecular formula is C7H13ClO2. The summed E-state index contributed by atoms with van der Waals surface area (Å²) in [4.78, 5) is 10.1. The Morgan fingerprint density at radius 3 is 2.40 bits per heavy atom. The van der Waals surface area contributed by atoms with Crippen molar-refractivity contribution < 1.29 is 9.90 Å². The van der Waals surface area contributed by atoms with Gasteiger partial charge < -0.3 is 5.11 Å². The maximum Gasteiger partial charge on any atom is 0.304 e. The molecule has 0 aliphatic rings. The van der Waals surface area contributed by atoms with Gasteiger partial charge in [-0.1, -0.05) is 13.8 Å². The van der Waals surface area contributed by atoms with Crippen LogP contribution in [0.4, 0.5) is 0 Å². The highest BCUT2D eigenvalue weighted by atomic mass is 35.5. The Kier molecular flexibility index (Phi) is 4.45. The van der Waals surface area contributed by atoms with E-state index in [1.165, 1.54) is 0 Å². The third-order valence-corrected chi connectivity index (χ3v) is 1.46. The van der Waals surface area contributed by atoms with Gasteiger partial charge >= 0.3 is 5.97 Å². The number of hydrogen-bond acceptors (Lipinski definition) is 1. The number of carbonyl (C=O) groups is 1. The lowest BCUT2D eigenvalue weighted by Crippen LogP contribution is -2.09. The molecular weight excluding hydrogens is 152 g/mol. The molecule has 0 saturated carbocycles. The van der Waals surface area contributed by atoms with Crippen LogP contribution in [0.3, 0.4) is 0 Å². The molecule has 0 amide bonds. The summed E-state index contributed by atoms with van der Waals surface area (Å²) in [5.74, 6) is -0.345. The van der Waals surface area contributed by atoms with E-state index >= 15 is 0 Å². The van der Waals surface area contributed by atoms with Crippen LogP contribution in [0.15, 0.2) is 0 Å². The van der Waals surface area contributed by atoms with Crippen LogP contribution in [0.25, 0.3) is 0 Å². The van der Waals surface area contributed by atoms with Crippen molar-refractivity contribution in [2.45, 2.75) is 32.1 Å². The largest absolute Gasteiger partial charge is 0.481 e. The monoisotopic (exact) mass is 164 g/mol. The normalized spacial score (nSPS) is 13.6. The SMILES string of the molecule is CC(C)CC(Cl)CC(=O)O. The predicted molar refractivity (Wildman–Crippen MR) is 41.3 cm³/mol. The Morgan fingerprint density at radius 1 is 1.60 bits per heavy atom. The summed E-state index contributed by atoms with van der Waals surface area (Å²) in [6.45, 7) is 4.05. The molecule has 0 aliphatic carbocycles. The lowest BCUT2D eigenvalue weighted by molar-refractivity contribution is -0.137. The van der Waals surface area contributed by atoms with Gasteiger partial charge in [-0.2, -0.15) is 0 Å². The summed E-state index contributed by atoms with van der Waals surface area (Å²) in [7, 11) is 0. The van der Waals surface area contributed by atoms with E-state index in [0.29, 0.717) is 5.92 Å². The van der Waals surface area contributed by atoms with Crippen LogP contribution < -0.4 is 0 Å². The minimum atomic E-state index is -0.819. The van der Waals surface area contributed by atoms with Gasteiger partial charge in [-0.3, -0.25) is 4.79 Å². The first-order valence-electron chi connectivity index (χ1n) is 3.38. The smallest absolute Gasteiger partial charge is 0.304 e. The summed E-state index contributed by atoms with van der Waals surface area (Å²) in [5.41, 5.74) is 0. The number of hydrogen-bond donors (Lipinski definition) is 1. The summed E-state index contributed by atoms with van der Waals surface area (Å²) in [5, 5.41) is 8.10. The first-order valence-corrected chi connectivity index (χ1v) is 3.82. The molecule has 0 aliphatic heterocycles. The molecule has 60 valence electrons. The van der Waals surface area contributed by atoms with Gasteiger partial charge in [-0.05, 0) is 12.3 Å². The van der Waals surface area contributed by atoms with E-state index in [0.717, 1.165) is 6.42 Å². The van der Waals surface area contributed by atoms with Crippen LogP contribution in [-0.2, 0) is 4.79 Å². The maximum absolute atomic E-state index is 10.1. The Labute approximate surface area is 66.2 Å². The zero-order valence-electron chi connectivity index (χ0n) is 6.30. The fraction of sp³-hybridized carbons (Fsp3) is 0.857. The summed E-state index contributed by atoms with van der Waals surface area (Å²) in [6.07, 6.45) is 0.841. The Hall–Kier alpha value is -0.240. The van der Waals surface area contributed by atoms with Crippen molar-refractivity contribution in [1.82, 2.24) is 0 Å². The first-order chi connectivity index (χ1) is 4.52. The van der Waals surface area contributed by atoms with E-state index in [4.69, 9.17) is 16.7 Å². The van der Waals surface area contributed by atoms with Gasteiger partial charge in [0.25, 0.3) is 0 Å². The average Bonchev–Trinajstić information content (AvgIpc) is 1.58. The van der Waals surface area contributed by atoms with Gasteiger partial charge in [0.05, 0.1) is 6.42 Å². The van der Waals surface area contributed by atoms with Crippen molar-refractivity contribution in [1.29, 1.82) is 0 Å². The van der Waals surface area contributed by atoms with E-state index in [1.54, 1.807) is 0 Å². The number of rotatable bonds is 4. The summed E-state index contributed by atoms with van der Waals surface area (Å²) < 4.78 is 0. The van der Waals surface area contributed by atoms with Crippen LogP contribution in [0.5, 0.6) is 0 Å². The molecule has 0 saturated heterocycles. The van der Waals surface area contributed by atoms with Gasteiger partial charge in [0.2, 0.25) is 0 Å². The first kappa shape index (κ1) is 9.76. The molecule has 0 spiro atoms. The highest BCUT2D eigenvalue weighted by molar-refractivity contribution is 6.21. The standard InChI is InChI=1S/C7H13ClO2/c1-5(2)3-6(8)4-7(9)10/h5-6H,3-4H2,1-2H3,(H,9,10). The quantitative estimate of drug-likeness (QED) is 0.647.